The molecule has 1 aliphatic rings. The first-order valence-electron chi connectivity index (χ1n) is 14.0. The summed E-state index contributed by atoms with van der Waals surface area (Å²) in [7, 11) is 0. The van der Waals surface area contributed by atoms with Crippen LogP contribution in [0.3, 0.4) is 0 Å². The molecule has 6 rings (SSSR count). The Kier molecular flexibility index (Phi) is 9.61. The van der Waals surface area contributed by atoms with Gasteiger partial charge < -0.3 is 9.47 Å². The molecule has 0 spiro atoms. The number of thiazole rings is 1. The Hall–Kier alpha value is -3.62. The third kappa shape index (κ3) is 6.54. The topological polar surface area (TPSA) is 69.9 Å². The summed E-state index contributed by atoms with van der Waals surface area (Å²) in [5, 5.41) is 0. The van der Waals surface area contributed by atoms with E-state index < -0.39 is 12.0 Å². The van der Waals surface area contributed by atoms with E-state index in [0.29, 0.717) is 31.9 Å². The van der Waals surface area contributed by atoms with E-state index in [0.717, 1.165) is 23.8 Å². The molecule has 0 N–H and O–H groups in total. The number of carbonyl (C=O) groups is 1. The largest absolute Gasteiger partial charge is 0.487 e. The quantitative estimate of drug-likeness (QED) is 0.127. The van der Waals surface area contributed by atoms with Crippen LogP contribution in [0.15, 0.2) is 112 Å². The lowest BCUT2D eigenvalue weighted by Gasteiger charge is -2.25. The summed E-state index contributed by atoms with van der Waals surface area (Å²) in [6, 6.07) is 28.6. The smallest absolute Gasteiger partial charge is 0.338 e. The highest BCUT2D eigenvalue weighted by Gasteiger charge is 2.35. The molecule has 0 saturated heterocycles. The number of esters is 1. The number of fused-ring (bicyclic) bond motifs is 1. The van der Waals surface area contributed by atoms with Gasteiger partial charge >= 0.3 is 5.97 Å². The van der Waals surface area contributed by atoms with Gasteiger partial charge in [0.05, 0.1) is 35.6 Å². The van der Waals surface area contributed by atoms with E-state index in [4.69, 9.17) is 14.5 Å². The molecule has 0 aliphatic carbocycles. The van der Waals surface area contributed by atoms with Crippen molar-refractivity contribution in [2.24, 2.45) is 4.99 Å². The van der Waals surface area contributed by atoms with E-state index in [2.05, 4.69) is 45.2 Å². The monoisotopic (exact) mass is 842 g/mol. The van der Waals surface area contributed by atoms with Crippen LogP contribution in [-0.2, 0) is 16.1 Å². The molecule has 10 heteroatoms. The molecule has 1 aromatic heterocycles. The van der Waals surface area contributed by atoms with Gasteiger partial charge in [0.15, 0.2) is 4.80 Å². The average Bonchev–Trinajstić information content (AvgIpc) is 3.35. The molecular formula is C35H25FI2N2O4S. The Morgan fingerprint density at radius 3 is 2.29 bits per heavy atom. The van der Waals surface area contributed by atoms with Crippen molar-refractivity contribution in [1.29, 1.82) is 0 Å². The van der Waals surface area contributed by atoms with E-state index in [1.54, 1.807) is 29.7 Å². The predicted molar refractivity (Wildman–Crippen MR) is 190 cm³/mol. The van der Waals surface area contributed by atoms with Gasteiger partial charge in [0, 0.05) is 11.1 Å². The molecule has 1 aliphatic heterocycles. The zero-order chi connectivity index (χ0) is 31.5. The summed E-state index contributed by atoms with van der Waals surface area (Å²) in [5.74, 6) is -0.183. The number of nitrogens with zero attached hydrogens (tertiary/aromatic N) is 2. The fraction of sp³-hybridized carbons (Fsp3) is 0.114. The Morgan fingerprint density at radius 2 is 1.62 bits per heavy atom. The zero-order valence-electron chi connectivity index (χ0n) is 23.9. The van der Waals surface area contributed by atoms with E-state index >= 15 is 0 Å². The molecule has 1 atom stereocenters. The number of benzene rings is 4. The summed E-state index contributed by atoms with van der Waals surface area (Å²) in [5.41, 5.74) is 3.35. The first-order valence-corrected chi connectivity index (χ1v) is 17.0. The van der Waals surface area contributed by atoms with E-state index in [1.807, 2.05) is 78.9 Å². The molecule has 0 radical (unpaired) electrons. The van der Waals surface area contributed by atoms with Gasteiger partial charge in [-0.3, -0.25) is 9.36 Å². The van der Waals surface area contributed by atoms with Crippen LogP contribution in [-0.4, -0.2) is 17.1 Å². The number of rotatable bonds is 8. The second kappa shape index (κ2) is 13.8. The van der Waals surface area contributed by atoms with Crippen LogP contribution in [0, 0.1) is 13.0 Å². The van der Waals surface area contributed by atoms with Gasteiger partial charge in [-0.15, -0.1) is 0 Å². The lowest BCUT2D eigenvalue weighted by molar-refractivity contribution is -0.138. The molecule has 5 aromatic rings. The highest BCUT2D eigenvalue weighted by molar-refractivity contribution is 14.1. The fourth-order valence-corrected chi connectivity index (χ4v) is 8.24. The highest BCUT2D eigenvalue weighted by atomic mass is 127. The van der Waals surface area contributed by atoms with Gasteiger partial charge in [0.25, 0.3) is 5.56 Å². The van der Waals surface area contributed by atoms with Crippen molar-refractivity contribution in [2.75, 3.05) is 6.61 Å². The van der Waals surface area contributed by atoms with Crippen molar-refractivity contribution >= 4 is 74.3 Å². The third-order valence-electron chi connectivity index (χ3n) is 7.14. The maximum atomic E-state index is 14.1. The van der Waals surface area contributed by atoms with Crippen molar-refractivity contribution in [3.63, 3.8) is 0 Å². The van der Waals surface area contributed by atoms with E-state index in [9.17, 15) is 14.0 Å². The standard InChI is InChI=1S/C35H25FI2N2O4S/c1-2-43-34(42)29-30(22-11-5-3-6-12-22)39-35-40(31(29)23-13-7-4-8-14-23)33(41)28(45-35)19-21-17-26(37)32(27(38)18-21)44-20-24-15-9-10-16-25(24)36/h3-19,31H,2,20H2,1H3/b28-19-/t31-/m1/s1. The molecule has 226 valence electrons. The summed E-state index contributed by atoms with van der Waals surface area (Å²) >= 11 is 5.65. The van der Waals surface area contributed by atoms with Crippen molar-refractivity contribution in [2.45, 2.75) is 19.6 Å². The first-order chi connectivity index (χ1) is 21.9. The Morgan fingerprint density at radius 1 is 0.978 bits per heavy atom. The first kappa shape index (κ1) is 31.4. The van der Waals surface area contributed by atoms with E-state index in [-0.39, 0.29) is 24.6 Å². The number of halogens is 3. The number of hydrogen-bond acceptors (Lipinski definition) is 6. The van der Waals surface area contributed by atoms with Crippen molar-refractivity contribution in [3.8, 4) is 5.75 Å². The van der Waals surface area contributed by atoms with Crippen LogP contribution in [0.2, 0.25) is 0 Å². The minimum absolute atomic E-state index is 0.0999. The lowest BCUT2D eigenvalue weighted by atomic mass is 9.93. The molecule has 6 nitrogen and oxygen atoms in total. The Labute approximate surface area is 289 Å². The van der Waals surface area contributed by atoms with Crippen molar-refractivity contribution in [1.82, 2.24) is 4.57 Å². The molecular weight excluding hydrogens is 817 g/mol. The number of hydrogen-bond donors (Lipinski definition) is 0. The molecule has 0 fully saturated rings. The minimum Gasteiger partial charge on any atom is -0.487 e. The van der Waals surface area contributed by atoms with Crippen molar-refractivity contribution in [3.05, 3.63) is 158 Å². The number of ether oxygens (including phenoxy) is 2. The van der Waals surface area contributed by atoms with Crippen LogP contribution < -0.4 is 19.6 Å². The second-order valence-electron chi connectivity index (χ2n) is 10.0. The molecule has 2 heterocycles. The number of carbonyl (C=O) groups excluding carboxylic acids is 1. The molecule has 0 saturated carbocycles. The summed E-state index contributed by atoms with van der Waals surface area (Å²) in [6.07, 6.45) is 1.83. The predicted octanol–water partition coefficient (Wildman–Crippen LogP) is 6.86. The highest BCUT2D eigenvalue weighted by Crippen LogP contribution is 2.35. The summed E-state index contributed by atoms with van der Waals surface area (Å²) in [4.78, 5) is 33.1. The normalized spacial score (nSPS) is 14.6. The average molecular weight is 842 g/mol. The Balaban J connectivity index is 1.47. The van der Waals surface area contributed by atoms with E-state index in [1.165, 1.54) is 17.4 Å². The van der Waals surface area contributed by atoms with Crippen LogP contribution in [0.5, 0.6) is 5.75 Å². The maximum Gasteiger partial charge on any atom is 0.338 e. The minimum atomic E-state index is -0.728. The van der Waals surface area contributed by atoms with Gasteiger partial charge in [0.1, 0.15) is 18.2 Å². The molecule has 0 amide bonds. The fourth-order valence-electron chi connectivity index (χ4n) is 5.11. The SMILES string of the molecule is CCOC(=O)C1=C(c2ccccc2)N=c2s/c(=C\c3cc(I)c(OCc4ccccc4F)c(I)c3)c(=O)n2[C@@H]1c1ccccc1. The van der Waals surface area contributed by atoms with Crippen LogP contribution in [0.4, 0.5) is 4.39 Å². The lowest BCUT2D eigenvalue weighted by Crippen LogP contribution is -2.40. The second-order valence-corrected chi connectivity index (χ2v) is 13.4. The molecule has 4 aromatic carbocycles. The molecule has 0 bridgehead atoms. The molecule has 45 heavy (non-hydrogen) atoms. The van der Waals surface area contributed by atoms with Gasteiger partial charge in [-0.1, -0.05) is 90.2 Å². The van der Waals surface area contributed by atoms with Gasteiger partial charge in [0.2, 0.25) is 0 Å². The maximum absolute atomic E-state index is 14.1. The van der Waals surface area contributed by atoms with Crippen molar-refractivity contribution < 1.29 is 18.7 Å². The molecule has 0 unspecified atom stereocenters. The van der Waals surface area contributed by atoms with Gasteiger partial charge in [-0.2, -0.15) is 0 Å². The number of aromatic nitrogens is 1. The van der Waals surface area contributed by atoms with Crippen LogP contribution in [0.1, 0.15) is 35.2 Å². The zero-order valence-corrected chi connectivity index (χ0v) is 29.0. The van der Waals surface area contributed by atoms with Gasteiger partial charge in [-0.05, 0) is 87.5 Å². The summed E-state index contributed by atoms with van der Waals surface area (Å²) < 4.78 is 29.4. The van der Waals surface area contributed by atoms with Gasteiger partial charge in [-0.25, -0.2) is 14.2 Å². The van der Waals surface area contributed by atoms with Crippen LogP contribution in [0.25, 0.3) is 11.8 Å². The van der Waals surface area contributed by atoms with Crippen LogP contribution >= 0.6 is 56.5 Å². The summed E-state index contributed by atoms with van der Waals surface area (Å²) in [6.45, 7) is 2.04. The Bertz CT molecular complexity index is 2090. The third-order valence-corrected chi connectivity index (χ3v) is 9.72.